The highest BCUT2D eigenvalue weighted by atomic mass is 32.1. The van der Waals surface area contributed by atoms with Gasteiger partial charge in [0, 0.05) is 26.6 Å². The van der Waals surface area contributed by atoms with Gasteiger partial charge >= 0.3 is 0 Å². The highest BCUT2D eigenvalue weighted by Crippen LogP contribution is 2.36. The summed E-state index contributed by atoms with van der Waals surface area (Å²) in [5.41, 5.74) is 4.69. The average molecular weight is 461 g/mol. The number of amides is 1. The predicted molar refractivity (Wildman–Crippen MR) is 131 cm³/mol. The molecule has 0 radical (unpaired) electrons. The van der Waals surface area contributed by atoms with Crippen LogP contribution < -0.4 is 14.8 Å². The van der Waals surface area contributed by atoms with E-state index in [2.05, 4.69) is 34.7 Å². The average Bonchev–Trinajstić information content (AvgIpc) is 3.27. The number of ketones is 1. The first-order valence-electron chi connectivity index (χ1n) is 10.4. The molecule has 0 aliphatic carbocycles. The normalized spacial score (nSPS) is 10.8. The number of carbonyl (C=O) groups is 2. The molecule has 4 aromatic rings. The maximum Gasteiger partial charge on any atom is 0.251 e. The Morgan fingerprint density at radius 1 is 0.970 bits per heavy atom. The van der Waals surface area contributed by atoms with Gasteiger partial charge in [-0.25, -0.2) is 4.98 Å². The summed E-state index contributed by atoms with van der Waals surface area (Å²) in [5, 5.41) is 5.88. The van der Waals surface area contributed by atoms with Crippen molar-refractivity contribution in [1.82, 2.24) is 10.3 Å². The standard InChI is InChI=1S/C26H24N2O4S/c1-15-8-10-20(28-24(15)19-14-33-25-16(2)6-5-7-18(19)25)21(29)13-27-26(30)17-9-11-22(31-3)23(12-17)32-4/h5-12,14H,13H2,1-4H3,(H,27,30). The maximum atomic E-state index is 12.8. The van der Waals surface area contributed by atoms with Crippen molar-refractivity contribution in [2.24, 2.45) is 0 Å². The van der Waals surface area contributed by atoms with Gasteiger partial charge in [-0.1, -0.05) is 24.3 Å². The molecule has 1 N–H and O–H groups in total. The summed E-state index contributed by atoms with van der Waals surface area (Å²) in [6.45, 7) is 3.91. The third-order valence-corrected chi connectivity index (χ3v) is 6.62. The van der Waals surface area contributed by atoms with Crippen molar-refractivity contribution in [2.45, 2.75) is 13.8 Å². The number of pyridine rings is 1. The number of hydrogen-bond donors (Lipinski definition) is 1. The van der Waals surface area contributed by atoms with Crippen molar-refractivity contribution in [3.63, 3.8) is 0 Å². The van der Waals surface area contributed by atoms with Gasteiger partial charge in [-0.2, -0.15) is 0 Å². The Hall–Kier alpha value is -3.71. The van der Waals surface area contributed by atoms with Crippen LogP contribution in [-0.2, 0) is 0 Å². The molecule has 4 rings (SSSR count). The Balaban J connectivity index is 1.54. The molecule has 0 fully saturated rings. The summed E-state index contributed by atoms with van der Waals surface area (Å²) in [6.07, 6.45) is 0. The molecule has 0 bridgehead atoms. The molecule has 0 saturated carbocycles. The summed E-state index contributed by atoms with van der Waals surface area (Å²) in [4.78, 5) is 30.1. The van der Waals surface area contributed by atoms with Crippen molar-refractivity contribution in [2.75, 3.05) is 20.8 Å². The zero-order chi connectivity index (χ0) is 23.5. The number of thiophene rings is 1. The highest BCUT2D eigenvalue weighted by molar-refractivity contribution is 7.18. The van der Waals surface area contributed by atoms with Crippen LogP contribution >= 0.6 is 11.3 Å². The number of nitrogens with zero attached hydrogens (tertiary/aromatic N) is 1. The fraction of sp³-hybridized carbons (Fsp3) is 0.192. The minimum absolute atomic E-state index is 0.161. The second-order valence-corrected chi connectivity index (χ2v) is 8.52. The van der Waals surface area contributed by atoms with Gasteiger partial charge in [-0.15, -0.1) is 11.3 Å². The number of nitrogens with one attached hydrogen (secondary N) is 1. The van der Waals surface area contributed by atoms with E-state index in [0.717, 1.165) is 22.2 Å². The van der Waals surface area contributed by atoms with Gasteiger partial charge in [0.2, 0.25) is 0 Å². The number of fused-ring (bicyclic) bond motifs is 1. The van der Waals surface area contributed by atoms with Crippen molar-refractivity contribution < 1.29 is 19.1 Å². The molecule has 0 aliphatic heterocycles. The van der Waals surface area contributed by atoms with Crippen LogP contribution in [0.3, 0.4) is 0 Å². The Labute approximate surface area is 196 Å². The lowest BCUT2D eigenvalue weighted by Gasteiger charge is -2.10. The van der Waals surface area contributed by atoms with Gasteiger partial charge in [0.25, 0.3) is 5.91 Å². The van der Waals surface area contributed by atoms with E-state index in [1.165, 1.54) is 24.5 Å². The molecule has 168 valence electrons. The Morgan fingerprint density at radius 2 is 1.76 bits per heavy atom. The van der Waals surface area contributed by atoms with Crippen LogP contribution in [0, 0.1) is 13.8 Å². The number of ether oxygens (including phenoxy) is 2. The van der Waals surface area contributed by atoms with E-state index in [0.29, 0.717) is 22.8 Å². The van der Waals surface area contributed by atoms with Gasteiger partial charge in [-0.3, -0.25) is 9.59 Å². The maximum absolute atomic E-state index is 12.8. The third-order valence-electron chi connectivity index (χ3n) is 5.49. The number of rotatable bonds is 7. The van der Waals surface area contributed by atoms with Gasteiger partial charge in [0.1, 0.15) is 5.69 Å². The molecule has 7 heteroatoms. The summed E-state index contributed by atoms with van der Waals surface area (Å²) < 4.78 is 11.6. The number of carbonyl (C=O) groups excluding carboxylic acids is 2. The molecular formula is C26H24N2O4S. The molecule has 2 aromatic heterocycles. The number of methoxy groups -OCH3 is 2. The second-order valence-electron chi connectivity index (χ2n) is 7.64. The molecule has 2 aromatic carbocycles. The summed E-state index contributed by atoms with van der Waals surface area (Å²) in [5.74, 6) is 0.328. The van der Waals surface area contributed by atoms with E-state index in [4.69, 9.17) is 9.47 Å². The van der Waals surface area contributed by atoms with E-state index >= 15 is 0 Å². The molecular weight excluding hydrogens is 436 g/mol. The number of hydrogen-bond acceptors (Lipinski definition) is 6. The topological polar surface area (TPSA) is 77.5 Å². The monoisotopic (exact) mass is 460 g/mol. The zero-order valence-corrected chi connectivity index (χ0v) is 19.7. The Kier molecular flexibility index (Phi) is 6.42. The number of benzene rings is 2. The fourth-order valence-electron chi connectivity index (χ4n) is 3.67. The molecule has 0 spiro atoms. The van der Waals surface area contributed by atoms with Crippen LogP contribution in [0.15, 0.2) is 53.9 Å². The zero-order valence-electron chi connectivity index (χ0n) is 18.9. The molecule has 1 amide bonds. The minimum Gasteiger partial charge on any atom is -0.493 e. The van der Waals surface area contributed by atoms with Crippen molar-refractivity contribution in [3.8, 4) is 22.8 Å². The van der Waals surface area contributed by atoms with Crippen LogP contribution in [0.25, 0.3) is 21.3 Å². The van der Waals surface area contributed by atoms with Crippen molar-refractivity contribution >= 4 is 33.1 Å². The van der Waals surface area contributed by atoms with Crippen LogP contribution in [0.2, 0.25) is 0 Å². The number of aryl methyl sites for hydroxylation is 2. The Bertz CT molecular complexity index is 1360. The summed E-state index contributed by atoms with van der Waals surface area (Å²) >= 11 is 1.67. The van der Waals surface area contributed by atoms with Gasteiger partial charge in [0.05, 0.1) is 26.5 Å². The predicted octanol–water partition coefficient (Wildman–Crippen LogP) is 5.21. The van der Waals surface area contributed by atoms with E-state index in [1.807, 2.05) is 19.1 Å². The first-order chi connectivity index (χ1) is 15.9. The molecule has 0 saturated heterocycles. The first kappa shape index (κ1) is 22.5. The largest absolute Gasteiger partial charge is 0.493 e. The lowest BCUT2D eigenvalue weighted by molar-refractivity contribution is 0.0902. The lowest BCUT2D eigenvalue weighted by Crippen LogP contribution is -2.30. The van der Waals surface area contributed by atoms with E-state index < -0.39 is 0 Å². The van der Waals surface area contributed by atoms with Gasteiger partial charge < -0.3 is 14.8 Å². The molecule has 0 aliphatic rings. The number of aromatic nitrogens is 1. The van der Waals surface area contributed by atoms with Crippen molar-refractivity contribution in [1.29, 1.82) is 0 Å². The van der Waals surface area contributed by atoms with E-state index in [1.54, 1.807) is 35.6 Å². The third kappa shape index (κ3) is 4.45. The van der Waals surface area contributed by atoms with E-state index in [-0.39, 0.29) is 18.2 Å². The summed E-state index contributed by atoms with van der Waals surface area (Å²) in [6, 6.07) is 14.6. The SMILES string of the molecule is COc1ccc(C(=O)NCC(=O)c2ccc(C)c(-c3csc4c(C)cccc34)n2)cc1OC. The van der Waals surface area contributed by atoms with Gasteiger partial charge in [0.15, 0.2) is 17.3 Å². The smallest absolute Gasteiger partial charge is 0.251 e. The Morgan fingerprint density at radius 3 is 2.52 bits per heavy atom. The van der Waals surface area contributed by atoms with Gasteiger partial charge in [-0.05, 0) is 49.2 Å². The van der Waals surface area contributed by atoms with Crippen LogP contribution in [-0.4, -0.2) is 37.4 Å². The molecule has 0 unspecified atom stereocenters. The summed E-state index contributed by atoms with van der Waals surface area (Å²) in [7, 11) is 3.03. The molecule has 33 heavy (non-hydrogen) atoms. The molecule has 0 atom stereocenters. The number of Topliss-reactive ketones (excluding diaryl/α,β-unsaturated/α-hetero) is 1. The highest BCUT2D eigenvalue weighted by Gasteiger charge is 2.17. The quantitative estimate of drug-likeness (QED) is 0.383. The van der Waals surface area contributed by atoms with E-state index in [9.17, 15) is 9.59 Å². The lowest BCUT2D eigenvalue weighted by atomic mass is 10.0. The minimum atomic E-state index is -0.379. The van der Waals surface area contributed by atoms with Crippen LogP contribution in [0.4, 0.5) is 0 Å². The second kappa shape index (κ2) is 9.42. The van der Waals surface area contributed by atoms with Crippen LogP contribution in [0.5, 0.6) is 11.5 Å². The van der Waals surface area contributed by atoms with Crippen LogP contribution in [0.1, 0.15) is 32.0 Å². The fourth-order valence-corrected chi connectivity index (χ4v) is 4.71. The first-order valence-corrected chi connectivity index (χ1v) is 11.3. The molecule has 6 nitrogen and oxygen atoms in total. The molecule has 2 heterocycles. The van der Waals surface area contributed by atoms with Crippen molar-refractivity contribution in [3.05, 3.63) is 76.3 Å².